The molecule has 1 atom stereocenters. The molecule has 5 nitrogen and oxygen atoms in total. The summed E-state index contributed by atoms with van der Waals surface area (Å²) in [6.45, 7) is 0.588. The van der Waals surface area contributed by atoms with Gasteiger partial charge in [0.05, 0.1) is 5.54 Å². The number of alkyl halides is 3. The average Bonchev–Trinajstić information content (AvgIpc) is 3.21. The minimum absolute atomic E-state index is 0.0947. The highest BCUT2D eigenvalue weighted by atomic mass is 19.4. The summed E-state index contributed by atoms with van der Waals surface area (Å²) in [4.78, 5) is 5.90. The number of rotatable bonds is 4. The molecule has 1 saturated carbocycles. The fraction of sp³-hybridized carbons (Fsp3) is 0.556. The van der Waals surface area contributed by atoms with Crippen molar-refractivity contribution in [1.29, 1.82) is 0 Å². The van der Waals surface area contributed by atoms with Crippen LogP contribution in [0.25, 0.3) is 0 Å². The Labute approximate surface area is 149 Å². The summed E-state index contributed by atoms with van der Waals surface area (Å²) in [5.74, 6) is -0.156. The minimum Gasteiger partial charge on any atom is -0.338 e. The standard InChI is InChI=1S/C18H21F3N4O/c19-18(20,21)16(15-23-14(24-26-15)17(22)7-4-8-17)9-10-25(12-16)11-13-5-2-1-3-6-13/h1-3,5-6H,4,7-12,22H2. The molecule has 0 bridgehead atoms. The largest absolute Gasteiger partial charge is 0.404 e. The molecule has 26 heavy (non-hydrogen) atoms. The number of nitrogens with two attached hydrogens (primary N) is 1. The highest BCUT2D eigenvalue weighted by Gasteiger charge is 2.63. The van der Waals surface area contributed by atoms with Crippen LogP contribution in [0.2, 0.25) is 0 Å². The van der Waals surface area contributed by atoms with Gasteiger partial charge in [0.1, 0.15) is 0 Å². The molecule has 1 saturated heterocycles. The molecule has 4 rings (SSSR count). The van der Waals surface area contributed by atoms with Crippen molar-refractivity contribution in [2.45, 2.75) is 49.4 Å². The van der Waals surface area contributed by atoms with Crippen molar-refractivity contribution in [3.63, 3.8) is 0 Å². The van der Waals surface area contributed by atoms with Gasteiger partial charge in [0.25, 0.3) is 0 Å². The molecule has 2 fully saturated rings. The zero-order valence-corrected chi connectivity index (χ0v) is 14.3. The van der Waals surface area contributed by atoms with Crippen molar-refractivity contribution in [1.82, 2.24) is 15.0 Å². The van der Waals surface area contributed by atoms with E-state index >= 15 is 0 Å². The van der Waals surface area contributed by atoms with Crippen molar-refractivity contribution in [3.05, 3.63) is 47.6 Å². The third-order valence-corrected chi connectivity index (χ3v) is 5.67. The van der Waals surface area contributed by atoms with Gasteiger partial charge in [-0.05, 0) is 37.8 Å². The van der Waals surface area contributed by atoms with Gasteiger partial charge in [-0.25, -0.2) is 0 Å². The van der Waals surface area contributed by atoms with E-state index < -0.39 is 17.1 Å². The maximum atomic E-state index is 14.0. The van der Waals surface area contributed by atoms with E-state index in [-0.39, 0.29) is 24.7 Å². The Balaban J connectivity index is 1.60. The number of hydrogen-bond donors (Lipinski definition) is 1. The summed E-state index contributed by atoms with van der Waals surface area (Å²) in [7, 11) is 0. The van der Waals surface area contributed by atoms with E-state index in [2.05, 4.69) is 10.1 Å². The molecule has 0 spiro atoms. The third-order valence-electron chi connectivity index (χ3n) is 5.67. The molecule has 2 N–H and O–H groups in total. The fourth-order valence-electron chi connectivity index (χ4n) is 3.79. The number of benzene rings is 1. The maximum absolute atomic E-state index is 14.0. The molecule has 0 radical (unpaired) electrons. The normalized spacial score (nSPS) is 26.0. The Morgan fingerprint density at radius 3 is 2.50 bits per heavy atom. The van der Waals surface area contributed by atoms with Crippen LogP contribution in [-0.4, -0.2) is 34.3 Å². The molecule has 0 amide bonds. The van der Waals surface area contributed by atoms with Crippen molar-refractivity contribution >= 4 is 0 Å². The number of nitrogens with zero attached hydrogens (tertiary/aromatic N) is 3. The quantitative estimate of drug-likeness (QED) is 0.901. The van der Waals surface area contributed by atoms with Crippen LogP contribution in [0.1, 0.15) is 43.0 Å². The predicted octanol–water partition coefficient (Wildman–Crippen LogP) is 3.11. The first-order valence-corrected chi connectivity index (χ1v) is 8.79. The van der Waals surface area contributed by atoms with Crippen molar-refractivity contribution in [3.8, 4) is 0 Å². The lowest BCUT2D eigenvalue weighted by molar-refractivity contribution is -0.193. The summed E-state index contributed by atoms with van der Waals surface area (Å²) in [6, 6.07) is 9.47. The third kappa shape index (κ3) is 2.81. The van der Waals surface area contributed by atoms with Crippen molar-refractivity contribution in [2.75, 3.05) is 13.1 Å². The molecule has 8 heteroatoms. The molecule has 1 aromatic carbocycles. The van der Waals surface area contributed by atoms with Crippen LogP contribution in [0.5, 0.6) is 0 Å². The van der Waals surface area contributed by atoms with E-state index in [1.54, 1.807) is 4.90 Å². The maximum Gasteiger partial charge on any atom is 0.404 e. The molecular weight excluding hydrogens is 345 g/mol. The Morgan fingerprint density at radius 1 is 1.15 bits per heavy atom. The average molecular weight is 366 g/mol. The summed E-state index contributed by atoms with van der Waals surface area (Å²) in [5, 5.41) is 3.79. The van der Waals surface area contributed by atoms with E-state index in [4.69, 9.17) is 10.3 Å². The Morgan fingerprint density at radius 2 is 1.88 bits per heavy atom. The Kier molecular flexibility index (Phi) is 4.07. The van der Waals surface area contributed by atoms with Crippen LogP contribution in [0.15, 0.2) is 34.9 Å². The van der Waals surface area contributed by atoms with E-state index in [1.807, 2.05) is 30.3 Å². The number of likely N-dealkylation sites (tertiary alicyclic amines) is 1. The minimum atomic E-state index is -4.47. The molecule has 1 unspecified atom stereocenters. The van der Waals surface area contributed by atoms with Crippen LogP contribution < -0.4 is 5.73 Å². The first-order chi connectivity index (χ1) is 12.3. The molecule has 1 aromatic heterocycles. The van der Waals surface area contributed by atoms with Crippen LogP contribution in [0.3, 0.4) is 0 Å². The zero-order chi connectivity index (χ0) is 18.4. The van der Waals surface area contributed by atoms with Gasteiger partial charge in [0.15, 0.2) is 11.2 Å². The van der Waals surface area contributed by atoms with Gasteiger partial charge in [-0.2, -0.15) is 18.2 Å². The van der Waals surface area contributed by atoms with Gasteiger partial charge in [0, 0.05) is 13.1 Å². The summed E-state index contributed by atoms with van der Waals surface area (Å²) in [5.41, 5.74) is 4.25. The van der Waals surface area contributed by atoms with Crippen molar-refractivity contribution < 1.29 is 17.7 Å². The molecule has 2 aliphatic rings. The first kappa shape index (κ1) is 17.5. The fourth-order valence-corrected chi connectivity index (χ4v) is 3.79. The van der Waals surface area contributed by atoms with E-state index in [0.29, 0.717) is 25.9 Å². The lowest BCUT2D eigenvalue weighted by Gasteiger charge is -2.34. The Hall–Kier alpha value is -1.93. The van der Waals surface area contributed by atoms with E-state index in [9.17, 15) is 13.2 Å². The number of halogens is 3. The molecule has 2 heterocycles. The summed E-state index contributed by atoms with van der Waals surface area (Å²) < 4.78 is 47.2. The van der Waals surface area contributed by atoms with E-state index in [1.165, 1.54) is 0 Å². The highest BCUT2D eigenvalue weighted by Crippen LogP contribution is 2.48. The van der Waals surface area contributed by atoms with Gasteiger partial charge >= 0.3 is 6.18 Å². The van der Waals surface area contributed by atoms with Gasteiger partial charge in [-0.3, -0.25) is 4.90 Å². The number of hydrogen-bond acceptors (Lipinski definition) is 5. The van der Waals surface area contributed by atoms with Gasteiger partial charge < -0.3 is 10.3 Å². The second-order valence-electron chi connectivity index (χ2n) is 7.46. The molecule has 1 aliphatic carbocycles. The zero-order valence-electron chi connectivity index (χ0n) is 14.3. The summed E-state index contributed by atoms with van der Waals surface area (Å²) >= 11 is 0. The highest BCUT2D eigenvalue weighted by molar-refractivity contribution is 5.20. The second kappa shape index (κ2) is 6.06. The lowest BCUT2D eigenvalue weighted by Crippen LogP contribution is -2.46. The van der Waals surface area contributed by atoms with Crippen LogP contribution in [0, 0.1) is 0 Å². The van der Waals surface area contributed by atoms with Gasteiger partial charge in [-0.15, -0.1) is 0 Å². The number of aromatic nitrogens is 2. The topological polar surface area (TPSA) is 68.2 Å². The van der Waals surface area contributed by atoms with E-state index in [0.717, 1.165) is 12.0 Å². The SMILES string of the molecule is NC1(c2noc(C3(C(F)(F)F)CCN(Cc4ccccc4)C3)n2)CCC1. The smallest absolute Gasteiger partial charge is 0.338 e. The summed E-state index contributed by atoms with van der Waals surface area (Å²) in [6.07, 6.45) is -2.29. The molecule has 140 valence electrons. The Bertz CT molecular complexity index is 772. The lowest BCUT2D eigenvalue weighted by atomic mass is 9.77. The molecule has 1 aliphatic heterocycles. The van der Waals surface area contributed by atoms with Crippen LogP contribution in [0.4, 0.5) is 13.2 Å². The van der Waals surface area contributed by atoms with Gasteiger partial charge in [-0.1, -0.05) is 35.5 Å². The second-order valence-corrected chi connectivity index (χ2v) is 7.46. The molecular formula is C18H21F3N4O. The van der Waals surface area contributed by atoms with Crippen LogP contribution in [-0.2, 0) is 17.5 Å². The van der Waals surface area contributed by atoms with Gasteiger partial charge in [0.2, 0.25) is 5.89 Å². The molecule has 2 aromatic rings. The predicted molar refractivity (Wildman–Crippen MR) is 88.1 cm³/mol. The monoisotopic (exact) mass is 366 g/mol. The van der Waals surface area contributed by atoms with Crippen molar-refractivity contribution in [2.24, 2.45) is 5.73 Å². The van der Waals surface area contributed by atoms with Crippen LogP contribution >= 0.6 is 0 Å². The first-order valence-electron chi connectivity index (χ1n) is 8.79.